The molecular weight excluding hydrogens is 365 g/mol. The van der Waals surface area contributed by atoms with Crippen molar-refractivity contribution in [1.82, 2.24) is 4.90 Å². The number of benzene rings is 2. The highest BCUT2D eigenvalue weighted by Gasteiger charge is 2.35. The molecule has 3 rings (SSSR count). The molecule has 0 saturated carbocycles. The lowest BCUT2D eigenvalue weighted by Gasteiger charge is -2.13. The first-order valence-electron chi connectivity index (χ1n) is 7.20. The van der Waals surface area contributed by atoms with Crippen LogP contribution in [-0.2, 0) is 11.3 Å². The maximum atomic E-state index is 12.5. The lowest BCUT2D eigenvalue weighted by molar-refractivity contribution is -0.123. The van der Waals surface area contributed by atoms with Crippen molar-refractivity contribution in [3.8, 4) is 0 Å². The topological polar surface area (TPSA) is 37.4 Å². The third-order valence-electron chi connectivity index (χ3n) is 3.67. The van der Waals surface area contributed by atoms with E-state index in [-0.39, 0.29) is 17.7 Å². The zero-order chi connectivity index (χ0) is 17.3. The van der Waals surface area contributed by atoms with Crippen LogP contribution in [0.5, 0.6) is 0 Å². The molecule has 122 valence electrons. The van der Waals surface area contributed by atoms with Gasteiger partial charge in [0.2, 0.25) is 0 Å². The molecular formula is C18H13Cl2NO2S. The maximum absolute atomic E-state index is 12.5. The Balaban J connectivity index is 1.84. The summed E-state index contributed by atoms with van der Waals surface area (Å²) in [5.74, 6) is -0.292. The number of nitrogens with zero attached hydrogens (tertiary/aromatic N) is 1. The van der Waals surface area contributed by atoms with Crippen molar-refractivity contribution in [2.75, 3.05) is 0 Å². The Kier molecular flexibility index (Phi) is 4.99. The van der Waals surface area contributed by atoms with Crippen molar-refractivity contribution in [1.29, 1.82) is 0 Å². The van der Waals surface area contributed by atoms with E-state index in [1.165, 1.54) is 4.90 Å². The van der Waals surface area contributed by atoms with Gasteiger partial charge in [-0.2, -0.15) is 0 Å². The summed E-state index contributed by atoms with van der Waals surface area (Å²) in [6.07, 6.45) is 1.76. The van der Waals surface area contributed by atoms with Crippen LogP contribution in [0.4, 0.5) is 4.79 Å². The number of carbonyl (C=O) groups is 2. The number of amides is 2. The molecule has 0 spiro atoms. The normalized spacial score (nSPS) is 16.3. The largest absolute Gasteiger partial charge is 0.293 e. The molecule has 1 aliphatic heterocycles. The molecule has 24 heavy (non-hydrogen) atoms. The lowest BCUT2D eigenvalue weighted by atomic mass is 10.1. The number of hydrogen-bond donors (Lipinski definition) is 0. The molecule has 1 aliphatic rings. The molecule has 0 N–H and O–H groups in total. The molecule has 0 unspecified atom stereocenters. The zero-order valence-corrected chi connectivity index (χ0v) is 15.1. The van der Waals surface area contributed by atoms with Crippen LogP contribution in [0, 0.1) is 6.92 Å². The summed E-state index contributed by atoms with van der Waals surface area (Å²) < 4.78 is 0. The van der Waals surface area contributed by atoms with Gasteiger partial charge in [-0.3, -0.25) is 14.5 Å². The first-order chi connectivity index (χ1) is 11.5. The smallest absolute Gasteiger partial charge is 0.268 e. The van der Waals surface area contributed by atoms with Gasteiger partial charge in [0.05, 0.1) is 21.5 Å². The zero-order valence-electron chi connectivity index (χ0n) is 12.8. The molecule has 0 bridgehead atoms. The molecule has 0 atom stereocenters. The van der Waals surface area contributed by atoms with Gasteiger partial charge in [0.25, 0.3) is 11.1 Å². The van der Waals surface area contributed by atoms with Gasteiger partial charge in [0.15, 0.2) is 0 Å². The first-order valence-corrected chi connectivity index (χ1v) is 8.78. The summed E-state index contributed by atoms with van der Waals surface area (Å²) in [6, 6.07) is 12.8. The van der Waals surface area contributed by atoms with Crippen molar-refractivity contribution >= 4 is 52.2 Å². The van der Waals surface area contributed by atoms with Crippen molar-refractivity contribution in [3.63, 3.8) is 0 Å². The molecule has 2 aromatic rings. The monoisotopic (exact) mass is 377 g/mol. The molecule has 0 aromatic heterocycles. The highest BCUT2D eigenvalue weighted by atomic mass is 35.5. The van der Waals surface area contributed by atoms with Crippen molar-refractivity contribution in [2.45, 2.75) is 13.5 Å². The minimum absolute atomic E-state index is 0.173. The van der Waals surface area contributed by atoms with Gasteiger partial charge >= 0.3 is 0 Å². The molecule has 1 heterocycles. The Morgan fingerprint density at radius 3 is 2.54 bits per heavy atom. The Labute approximate surface area is 154 Å². The fraction of sp³-hybridized carbons (Fsp3) is 0.111. The lowest BCUT2D eigenvalue weighted by Crippen LogP contribution is -2.27. The molecule has 2 aromatic carbocycles. The van der Waals surface area contributed by atoms with E-state index < -0.39 is 0 Å². The third kappa shape index (κ3) is 3.51. The van der Waals surface area contributed by atoms with E-state index in [4.69, 9.17) is 23.2 Å². The van der Waals surface area contributed by atoms with Crippen LogP contribution in [0.2, 0.25) is 10.0 Å². The van der Waals surface area contributed by atoms with Crippen LogP contribution in [-0.4, -0.2) is 16.0 Å². The van der Waals surface area contributed by atoms with E-state index in [1.54, 1.807) is 24.3 Å². The highest BCUT2D eigenvalue weighted by Crippen LogP contribution is 2.34. The van der Waals surface area contributed by atoms with Crippen LogP contribution >= 0.6 is 35.0 Å². The van der Waals surface area contributed by atoms with Gasteiger partial charge in [-0.05, 0) is 53.6 Å². The summed E-state index contributed by atoms with van der Waals surface area (Å²) in [5.41, 5.74) is 2.73. The molecule has 2 amide bonds. The fourth-order valence-corrected chi connectivity index (χ4v) is 3.50. The quantitative estimate of drug-likeness (QED) is 0.659. The Hall–Kier alpha value is -1.75. The van der Waals surface area contributed by atoms with Crippen LogP contribution in [0.1, 0.15) is 16.7 Å². The van der Waals surface area contributed by atoms with E-state index >= 15 is 0 Å². The Morgan fingerprint density at radius 1 is 1.08 bits per heavy atom. The predicted molar refractivity (Wildman–Crippen MR) is 99.2 cm³/mol. The fourth-order valence-electron chi connectivity index (χ4n) is 2.35. The number of imide groups is 1. The Morgan fingerprint density at radius 2 is 1.83 bits per heavy atom. The van der Waals surface area contributed by atoms with Crippen molar-refractivity contribution in [2.24, 2.45) is 0 Å². The first kappa shape index (κ1) is 17.1. The number of thioether (sulfide) groups is 1. The molecule has 3 nitrogen and oxygen atoms in total. The van der Waals surface area contributed by atoms with Crippen LogP contribution in [0.25, 0.3) is 6.08 Å². The second-order valence-electron chi connectivity index (χ2n) is 5.37. The van der Waals surface area contributed by atoms with Crippen molar-refractivity contribution < 1.29 is 9.59 Å². The minimum atomic E-state index is -0.292. The van der Waals surface area contributed by atoms with Crippen LogP contribution in [0.3, 0.4) is 0 Å². The van der Waals surface area contributed by atoms with E-state index in [1.807, 2.05) is 31.2 Å². The number of carbonyl (C=O) groups excluding carboxylic acids is 2. The van der Waals surface area contributed by atoms with Gasteiger partial charge < -0.3 is 0 Å². The summed E-state index contributed by atoms with van der Waals surface area (Å²) >= 11 is 12.8. The number of rotatable bonds is 3. The van der Waals surface area contributed by atoms with Gasteiger partial charge in [0.1, 0.15) is 0 Å². The number of aryl methyl sites for hydroxylation is 1. The van der Waals surface area contributed by atoms with Crippen LogP contribution in [0.15, 0.2) is 47.4 Å². The van der Waals surface area contributed by atoms with E-state index in [9.17, 15) is 9.59 Å². The Bertz CT molecular complexity index is 864. The van der Waals surface area contributed by atoms with E-state index in [0.717, 1.165) is 28.5 Å². The summed E-state index contributed by atoms with van der Waals surface area (Å²) in [4.78, 5) is 26.4. The van der Waals surface area contributed by atoms with Gasteiger partial charge in [-0.25, -0.2) is 0 Å². The van der Waals surface area contributed by atoms with Crippen LogP contribution < -0.4 is 0 Å². The number of hydrogen-bond acceptors (Lipinski definition) is 3. The second-order valence-corrected chi connectivity index (χ2v) is 7.18. The van der Waals surface area contributed by atoms with Crippen molar-refractivity contribution in [3.05, 3.63) is 74.1 Å². The molecule has 1 fully saturated rings. The summed E-state index contributed by atoms with van der Waals surface area (Å²) in [7, 11) is 0. The third-order valence-corrected chi connectivity index (χ3v) is 5.32. The van der Waals surface area contributed by atoms with E-state index in [2.05, 4.69) is 0 Å². The van der Waals surface area contributed by atoms with Gasteiger partial charge in [-0.1, -0.05) is 53.5 Å². The predicted octanol–water partition coefficient (Wildman–Crippen LogP) is 5.54. The summed E-state index contributed by atoms with van der Waals surface area (Å²) in [5, 5.41) is 0.552. The molecule has 0 aliphatic carbocycles. The van der Waals surface area contributed by atoms with E-state index in [0.29, 0.717) is 15.0 Å². The second kappa shape index (κ2) is 7.01. The average Bonchev–Trinajstić information content (AvgIpc) is 2.81. The van der Waals surface area contributed by atoms with Gasteiger partial charge in [0, 0.05) is 0 Å². The highest BCUT2D eigenvalue weighted by molar-refractivity contribution is 8.18. The minimum Gasteiger partial charge on any atom is -0.268 e. The average molecular weight is 378 g/mol. The SMILES string of the molecule is Cc1ccccc1/C=C1\SC(=O)N(Cc2ccc(Cl)c(Cl)c2)C1=O. The molecule has 6 heteroatoms. The summed E-state index contributed by atoms with van der Waals surface area (Å²) in [6.45, 7) is 2.14. The number of halogens is 2. The maximum Gasteiger partial charge on any atom is 0.293 e. The molecule has 0 radical (unpaired) electrons. The molecule has 1 saturated heterocycles. The van der Waals surface area contributed by atoms with Gasteiger partial charge in [-0.15, -0.1) is 0 Å². The standard InChI is InChI=1S/C18H13Cl2NO2S/c1-11-4-2-3-5-13(11)9-16-17(22)21(18(23)24-16)10-12-6-7-14(19)15(20)8-12/h2-9H,10H2,1H3/b16-9-.